The van der Waals surface area contributed by atoms with Crippen LogP contribution in [-0.2, 0) is 9.53 Å². The van der Waals surface area contributed by atoms with Crippen LogP contribution in [0.2, 0.25) is 0 Å². The molecule has 2 aromatic rings. The van der Waals surface area contributed by atoms with Crippen molar-refractivity contribution in [2.45, 2.75) is 0 Å². The molecule has 20 heavy (non-hydrogen) atoms. The summed E-state index contributed by atoms with van der Waals surface area (Å²) in [6, 6.07) is 13.4. The highest BCUT2D eigenvalue weighted by atomic mass is 16.5. The number of carbonyl (C=O) groups excluding carboxylic acids is 1. The van der Waals surface area contributed by atoms with E-state index in [9.17, 15) is 9.90 Å². The van der Waals surface area contributed by atoms with Gasteiger partial charge in [0.25, 0.3) is 0 Å². The summed E-state index contributed by atoms with van der Waals surface area (Å²) in [5.41, 5.74) is 1.87. The summed E-state index contributed by atoms with van der Waals surface area (Å²) in [7, 11) is 1.27. The molecule has 0 fully saturated rings. The lowest BCUT2D eigenvalue weighted by atomic mass is 10.2. The van der Waals surface area contributed by atoms with Crippen molar-refractivity contribution in [1.29, 1.82) is 0 Å². The molecule has 2 rings (SSSR count). The summed E-state index contributed by atoms with van der Waals surface area (Å²) < 4.78 is 6.19. The van der Waals surface area contributed by atoms with Crippen molar-refractivity contribution >= 4 is 23.8 Å². The van der Waals surface area contributed by atoms with Crippen LogP contribution in [0.25, 0.3) is 17.8 Å². The van der Waals surface area contributed by atoms with Crippen molar-refractivity contribution in [2.75, 3.05) is 7.11 Å². The molecule has 0 aliphatic rings. The van der Waals surface area contributed by atoms with E-state index >= 15 is 0 Å². The first kappa shape index (κ1) is 13.7. The number of hydrogen-bond donors (Lipinski definition) is 1. The summed E-state index contributed by atoms with van der Waals surface area (Å²) in [5.74, 6) is -0.599. The molecule has 0 atom stereocenters. The number of esters is 1. The number of aliphatic hydroxyl groups is 1. The van der Waals surface area contributed by atoms with Gasteiger partial charge in [-0.05, 0) is 23.8 Å². The van der Waals surface area contributed by atoms with E-state index < -0.39 is 5.97 Å². The third-order valence-electron chi connectivity index (χ3n) is 2.80. The van der Waals surface area contributed by atoms with Gasteiger partial charge < -0.3 is 14.4 Å². The molecule has 1 heterocycles. The average molecular weight is 269 g/mol. The average Bonchev–Trinajstić information content (AvgIpc) is 2.95. The summed E-state index contributed by atoms with van der Waals surface area (Å²) >= 11 is 0. The van der Waals surface area contributed by atoms with Crippen LogP contribution in [0.1, 0.15) is 11.3 Å². The Kier molecular flexibility index (Phi) is 4.39. The summed E-state index contributed by atoms with van der Waals surface area (Å²) in [6.07, 6.45) is 6.22. The van der Waals surface area contributed by atoms with Gasteiger partial charge in [-0.25, -0.2) is 4.79 Å². The molecular weight excluding hydrogens is 254 g/mol. The summed E-state index contributed by atoms with van der Waals surface area (Å²) in [6.45, 7) is 0. The van der Waals surface area contributed by atoms with Gasteiger partial charge in [0, 0.05) is 11.9 Å². The normalized spacial score (nSPS) is 11.8. The second-order valence-corrected chi connectivity index (χ2v) is 4.05. The minimum Gasteiger partial charge on any atom is -0.513 e. The van der Waals surface area contributed by atoms with E-state index in [0.29, 0.717) is 0 Å². The predicted octanol–water partition coefficient (Wildman–Crippen LogP) is 3.19. The van der Waals surface area contributed by atoms with Gasteiger partial charge in [-0.1, -0.05) is 36.4 Å². The summed E-state index contributed by atoms with van der Waals surface area (Å²) in [5, 5.41) is 9.20. The zero-order valence-corrected chi connectivity index (χ0v) is 11.1. The van der Waals surface area contributed by atoms with Crippen LogP contribution >= 0.6 is 0 Å². The van der Waals surface area contributed by atoms with Crippen LogP contribution in [0.3, 0.4) is 0 Å². The van der Waals surface area contributed by atoms with Crippen LogP contribution < -0.4 is 0 Å². The first-order valence-corrected chi connectivity index (χ1v) is 6.10. The number of ether oxygens (including phenoxy) is 1. The SMILES string of the molecule is COC(=O)C(=CO)n1cccc1/C=C/c1ccccc1. The van der Waals surface area contributed by atoms with E-state index in [2.05, 4.69) is 4.74 Å². The number of nitrogens with zero attached hydrogens (tertiary/aromatic N) is 1. The largest absolute Gasteiger partial charge is 0.513 e. The molecule has 0 aliphatic heterocycles. The fourth-order valence-electron chi connectivity index (χ4n) is 1.81. The zero-order chi connectivity index (χ0) is 14.4. The van der Waals surface area contributed by atoms with Gasteiger partial charge in [-0.3, -0.25) is 0 Å². The second kappa shape index (κ2) is 6.43. The van der Waals surface area contributed by atoms with Crippen LogP contribution in [0.5, 0.6) is 0 Å². The highest BCUT2D eigenvalue weighted by molar-refractivity contribution is 6.10. The Morgan fingerprint density at radius 3 is 2.55 bits per heavy atom. The maximum absolute atomic E-state index is 11.6. The minimum atomic E-state index is -0.599. The van der Waals surface area contributed by atoms with Crippen molar-refractivity contribution in [2.24, 2.45) is 0 Å². The topological polar surface area (TPSA) is 51.5 Å². The predicted molar refractivity (Wildman–Crippen MR) is 78.7 cm³/mol. The lowest BCUT2D eigenvalue weighted by molar-refractivity contribution is -0.134. The quantitative estimate of drug-likeness (QED) is 0.527. The molecular formula is C16H15NO3. The molecule has 0 amide bonds. The van der Waals surface area contributed by atoms with Crippen LogP contribution in [0.15, 0.2) is 54.9 Å². The standard InChI is InChI=1S/C16H15NO3/c1-20-16(19)15(12-18)17-11-5-8-14(17)10-9-13-6-3-2-4-7-13/h2-12,18H,1H3/b10-9+,15-12?. The van der Waals surface area contributed by atoms with Gasteiger partial charge in [-0.2, -0.15) is 0 Å². The van der Waals surface area contributed by atoms with Crippen LogP contribution in [0.4, 0.5) is 0 Å². The van der Waals surface area contributed by atoms with E-state index in [1.807, 2.05) is 48.6 Å². The molecule has 0 saturated heterocycles. The van der Waals surface area contributed by atoms with Crippen LogP contribution in [0, 0.1) is 0 Å². The smallest absolute Gasteiger partial charge is 0.358 e. The number of aliphatic hydroxyl groups excluding tert-OH is 1. The second-order valence-electron chi connectivity index (χ2n) is 4.05. The molecule has 1 aromatic heterocycles. The molecule has 0 bridgehead atoms. The third-order valence-corrected chi connectivity index (χ3v) is 2.80. The van der Waals surface area contributed by atoms with Crippen molar-refractivity contribution in [3.63, 3.8) is 0 Å². The van der Waals surface area contributed by atoms with Gasteiger partial charge in [0.15, 0.2) is 5.70 Å². The highest BCUT2D eigenvalue weighted by Crippen LogP contribution is 2.15. The number of benzene rings is 1. The van der Waals surface area contributed by atoms with Crippen molar-refractivity contribution in [3.8, 4) is 0 Å². The lowest BCUT2D eigenvalue weighted by Crippen LogP contribution is -2.10. The first-order valence-electron chi connectivity index (χ1n) is 6.10. The zero-order valence-electron chi connectivity index (χ0n) is 11.1. The van der Waals surface area contributed by atoms with Gasteiger partial charge in [0.1, 0.15) is 6.26 Å². The highest BCUT2D eigenvalue weighted by Gasteiger charge is 2.13. The maximum atomic E-state index is 11.6. The molecule has 0 unspecified atom stereocenters. The Balaban J connectivity index is 2.30. The molecule has 1 aromatic carbocycles. The fourth-order valence-corrected chi connectivity index (χ4v) is 1.81. The third kappa shape index (κ3) is 2.98. The first-order chi connectivity index (χ1) is 9.76. The Bertz CT molecular complexity index is 639. The van der Waals surface area contributed by atoms with Gasteiger partial charge >= 0.3 is 5.97 Å². The number of aromatic nitrogens is 1. The lowest BCUT2D eigenvalue weighted by Gasteiger charge is -2.07. The monoisotopic (exact) mass is 269 g/mol. The Labute approximate surface area is 117 Å². The fraction of sp³-hybridized carbons (Fsp3) is 0.0625. The molecule has 4 nitrogen and oxygen atoms in total. The van der Waals surface area contributed by atoms with E-state index in [-0.39, 0.29) is 5.70 Å². The van der Waals surface area contributed by atoms with E-state index in [0.717, 1.165) is 17.5 Å². The molecule has 4 heteroatoms. The Hall–Kier alpha value is -2.75. The summed E-state index contributed by atoms with van der Waals surface area (Å²) in [4.78, 5) is 11.6. The number of rotatable bonds is 4. The molecule has 0 saturated carbocycles. The molecule has 0 spiro atoms. The van der Waals surface area contributed by atoms with E-state index in [4.69, 9.17) is 0 Å². The molecule has 1 N–H and O–H groups in total. The van der Waals surface area contributed by atoms with Gasteiger partial charge in [0.05, 0.1) is 7.11 Å². The Morgan fingerprint density at radius 2 is 1.90 bits per heavy atom. The molecule has 102 valence electrons. The number of hydrogen-bond acceptors (Lipinski definition) is 3. The molecule has 0 radical (unpaired) electrons. The minimum absolute atomic E-state index is 0.0604. The van der Waals surface area contributed by atoms with E-state index in [1.54, 1.807) is 16.8 Å². The van der Waals surface area contributed by atoms with Crippen molar-refractivity contribution in [3.05, 3.63) is 66.2 Å². The maximum Gasteiger partial charge on any atom is 0.358 e. The number of carbonyl (C=O) groups is 1. The van der Waals surface area contributed by atoms with E-state index in [1.165, 1.54) is 7.11 Å². The van der Waals surface area contributed by atoms with Crippen LogP contribution in [-0.4, -0.2) is 22.8 Å². The van der Waals surface area contributed by atoms with Gasteiger partial charge in [-0.15, -0.1) is 0 Å². The van der Waals surface area contributed by atoms with Gasteiger partial charge in [0.2, 0.25) is 0 Å². The van der Waals surface area contributed by atoms with Crippen molar-refractivity contribution < 1.29 is 14.6 Å². The number of methoxy groups -OCH3 is 1. The molecule has 0 aliphatic carbocycles. The van der Waals surface area contributed by atoms with Crippen molar-refractivity contribution in [1.82, 2.24) is 4.57 Å². The Morgan fingerprint density at radius 1 is 1.15 bits per heavy atom.